The Morgan fingerprint density at radius 3 is 2.62 bits per heavy atom. The second-order valence-electron chi connectivity index (χ2n) is 7.87. The van der Waals surface area contributed by atoms with Gasteiger partial charge in [-0.25, -0.2) is 23.5 Å². The van der Waals surface area contributed by atoms with Gasteiger partial charge in [0.1, 0.15) is 29.8 Å². The summed E-state index contributed by atoms with van der Waals surface area (Å²) in [5, 5.41) is 5.35. The fourth-order valence-corrected chi connectivity index (χ4v) is 3.38. The molecule has 2 aromatic heterocycles. The van der Waals surface area contributed by atoms with Crippen LogP contribution in [0, 0.1) is 11.6 Å². The van der Waals surface area contributed by atoms with Gasteiger partial charge in [-0.2, -0.15) is 13.2 Å². The quantitative estimate of drug-likeness (QED) is 0.435. The van der Waals surface area contributed by atoms with E-state index in [1.807, 2.05) is 0 Å². The first-order valence-corrected chi connectivity index (χ1v) is 10.9. The van der Waals surface area contributed by atoms with E-state index >= 15 is 0 Å². The van der Waals surface area contributed by atoms with E-state index in [9.17, 15) is 31.5 Å². The van der Waals surface area contributed by atoms with Gasteiger partial charge in [-0.15, -0.1) is 0 Å². The van der Waals surface area contributed by atoms with Crippen LogP contribution in [0.1, 0.15) is 21.6 Å². The number of pyridine rings is 1. The molecular formula is C23H19F5N6O3. The number of cyclic esters (lactones) is 1. The van der Waals surface area contributed by atoms with Crippen molar-refractivity contribution in [3.05, 3.63) is 71.2 Å². The molecule has 4 rings (SSSR count). The lowest BCUT2D eigenvalue weighted by Gasteiger charge is -2.14. The van der Waals surface area contributed by atoms with Crippen molar-refractivity contribution < 1.29 is 36.3 Å². The third kappa shape index (κ3) is 6.45. The third-order valence-electron chi connectivity index (χ3n) is 5.27. The molecule has 0 aliphatic carbocycles. The van der Waals surface area contributed by atoms with Gasteiger partial charge in [0.05, 0.1) is 12.1 Å². The van der Waals surface area contributed by atoms with Gasteiger partial charge in [-0.05, 0) is 12.1 Å². The fourth-order valence-electron chi connectivity index (χ4n) is 3.38. The minimum absolute atomic E-state index is 0.000549. The van der Waals surface area contributed by atoms with Crippen LogP contribution >= 0.6 is 0 Å². The third-order valence-corrected chi connectivity index (χ3v) is 5.27. The van der Waals surface area contributed by atoms with Crippen LogP contribution in [0.2, 0.25) is 0 Å². The predicted octanol–water partition coefficient (Wildman–Crippen LogP) is 3.63. The van der Waals surface area contributed by atoms with Gasteiger partial charge >= 0.3 is 12.3 Å². The highest BCUT2D eigenvalue weighted by Gasteiger charge is 2.31. The molecular weight excluding hydrogens is 503 g/mol. The maximum absolute atomic E-state index is 14.0. The number of ether oxygens (including phenoxy) is 1. The topological polar surface area (TPSA) is 109 Å². The number of rotatable bonds is 8. The molecule has 1 fully saturated rings. The number of hydrogen-bond donors (Lipinski definition) is 2. The summed E-state index contributed by atoms with van der Waals surface area (Å²) in [5.74, 6) is -2.51. The molecule has 3 heterocycles. The number of benzene rings is 1. The van der Waals surface area contributed by atoms with Gasteiger partial charge in [0.2, 0.25) is 0 Å². The van der Waals surface area contributed by atoms with E-state index < -0.39 is 35.4 Å². The number of amides is 2. The van der Waals surface area contributed by atoms with Crippen LogP contribution in [0.5, 0.6) is 0 Å². The van der Waals surface area contributed by atoms with Gasteiger partial charge in [-0.3, -0.25) is 9.78 Å². The molecule has 0 spiro atoms. The summed E-state index contributed by atoms with van der Waals surface area (Å²) >= 11 is 0. The van der Waals surface area contributed by atoms with Crippen molar-refractivity contribution in [1.82, 2.24) is 25.2 Å². The Morgan fingerprint density at radius 2 is 1.92 bits per heavy atom. The fraction of sp³-hybridized carbons (Fsp3) is 0.261. The number of anilines is 1. The molecule has 194 valence electrons. The summed E-state index contributed by atoms with van der Waals surface area (Å²) in [6, 6.07) is 4.99. The zero-order valence-corrected chi connectivity index (χ0v) is 19.0. The number of nitrogens with one attached hydrogen (secondary N) is 2. The van der Waals surface area contributed by atoms with Crippen molar-refractivity contribution in [3.8, 4) is 11.4 Å². The van der Waals surface area contributed by atoms with E-state index in [2.05, 4.69) is 25.6 Å². The first-order valence-electron chi connectivity index (χ1n) is 10.9. The SMILES string of the molecule is O=C(NCCN1CCOC1=O)c1cc(NCc2ccc(F)cc2F)nc(-c2cncc(C(F)(F)F)c2)n1. The maximum Gasteiger partial charge on any atom is 0.417 e. The van der Waals surface area contributed by atoms with E-state index in [0.29, 0.717) is 18.8 Å². The van der Waals surface area contributed by atoms with E-state index in [1.54, 1.807) is 0 Å². The van der Waals surface area contributed by atoms with Crippen molar-refractivity contribution >= 4 is 17.8 Å². The van der Waals surface area contributed by atoms with Crippen molar-refractivity contribution in [2.45, 2.75) is 12.7 Å². The zero-order chi connectivity index (χ0) is 26.6. The first-order chi connectivity index (χ1) is 17.6. The average Bonchev–Trinajstić information content (AvgIpc) is 3.27. The molecule has 1 aliphatic rings. The molecule has 1 aromatic carbocycles. The monoisotopic (exact) mass is 522 g/mol. The molecule has 9 nitrogen and oxygen atoms in total. The van der Waals surface area contributed by atoms with Crippen LogP contribution in [0.4, 0.5) is 32.6 Å². The van der Waals surface area contributed by atoms with Gasteiger partial charge in [0.15, 0.2) is 5.82 Å². The Balaban J connectivity index is 1.59. The number of nitrogens with zero attached hydrogens (tertiary/aromatic N) is 4. The van der Waals surface area contributed by atoms with E-state index in [0.717, 1.165) is 18.3 Å². The Morgan fingerprint density at radius 1 is 1.11 bits per heavy atom. The molecule has 0 bridgehead atoms. The number of alkyl halides is 3. The number of carbonyl (C=O) groups is 2. The number of carbonyl (C=O) groups excluding carboxylic acids is 2. The largest absolute Gasteiger partial charge is 0.448 e. The highest BCUT2D eigenvalue weighted by molar-refractivity contribution is 5.93. The lowest BCUT2D eigenvalue weighted by molar-refractivity contribution is -0.137. The van der Waals surface area contributed by atoms with Gasteiger partial charge in [-0.1, -0.05) is 6.07 Å². The molecule has 0 atom stereocenters. The minimum Gasteiger partial charge on any atom is -0.448 e. The minimum atomic E-state index is -4.67. The van der Waals surface area contributed by atoms with Crippen molar-refractivity contribution in [2.24, 2.45) is 0 Å². The molecule has 14 heteroatoms. The molecule has 0 saturated carbocycles. The van der Waals surface area contributed by atoms with Crippen LogP contribution < -0.4 is 10.6 Å². The average molecular weight is 522 g/mol. The van der Waals surface area contributed by atoms with E-state index in [4.69, 9.17) is 4.74 Å². The molecule has 2 N–H and O–H groups in total. The smallest absolute Gasteiger partial charge is 0.417 e. The Labute approximate surface area is 206 Å². The van der Waals surface area contributed by atoms with Gasteiger partial charge in [0, 0.05) is 55.3 Å². The number of halogens is 5. The summed E-state index contributed by atoms with van der Waals surface area (Å²) < 4.78 is 71.6. The van der Waals surface area contributed by atoms with E-state index in [1.165, 1.54) is 17.0 Å². The Bertz CT molecular complexity index is 1320. The van der Waals surface area contributed by atoms with Crippen molar-refractivity contribution in [1.29, 1.82) is 0 Å². The summed E-state index contributed by atoms with van der Waals surface area (Å²) in [6.45, 7) is 0.693. The maximum atomic E-state index is 14.0. The second kappa shape index (κ2) is 10.7. The standard InChI is InChI=1S/C23H19F5N6O3/c24-16-2-1-13(17(25)8-16)11-31-19-9-18(21(35)30-3-4-34-5-6-37-22(34)36)32-20(33-19)14-7-15(12-29-10-14)23(26,27)28/h1-2,7-10,12H,3-6,11H2,(H,30,35)(H,31,32,33). The van der Waals surface area contributed by atoms with Crippen LogP contribution in [-0.2, 0) is 17.5 Å². The highest BCUT2D eigenvalue weighted by Crippen LogP contribution is 2.31. The van der Waals surface area contributed by atoms with Gasteiger partial charge < -0.3 is 20.3 Å². The second-order valence-corrected chi connectivity index (χ2v) is 7.87. The van der Waals surface area contributed by atoms with Crippen LogP contribution in [-0.4, -0.2) is 58.1 Å². The Hall–Kier alpha value is -4.36. The summed E-state index contributed by atoms with van der Waals surface area (Å²) in [4.78, 5) is 37.5. The zero-order valence-electron chi connectivity index (χ0n) is 19.0. The summed E-state index contributed by atoms with van der Waals surface area (Å²) in [6.07, 6.45) is -3.43. The summed E-state index contributed by atoms with van der Waals surface area (Å²) in [7, 11) is 0. The van der Waals surface area contributed by atoms with E-state index in [-0.39, 0.29) is 54.7 Å². The Kier molecular flexibility index (Phi) is 7.45. The summed E-state index contributed by atoms with van der Waals surface area (Å²) in [5.41, 5.74) is -1.26. The van der Waals surface area contributed by atoms with Crippen LogP contribution in [0.25, 0.3) is 11.4 Å². The van der Waals surface area contributed by atoms with Gasteiger partial charge in [0.25, 0.3) is 5.91 Å². The molecule has 1 saturated heterocycles. The van der Waals surface area contributed by atoms with Crippen molar-refractivity contribution in [2.75, 3.05) is 31.6 Å². The van der Waals surface area contributed by atoms with Crippen LogP contribution in [0.15, 0.2) is 42.7 Å². The normalized spacial score (nSPS) is 13.4. The first kappa shape index (κ1) is 25.7. The molecule has 0 unspecified atom stereocenters. The number of aromatic nitrogens is 3. The lowest BCUT2D eigenvalue weighted by Crippen LogP contribution is -2.35. The van der Waals surface area contributed by atoms with Crippen molar-refractivity contribution in [3.63, 3.8) is 0 Å². The molecule has 1 aliphatic heterocycles. The lowest BCUT2D eigenvalue weighted by atomic mass is 10.2. The molecule has 37 heavy (non-hydrogen) atoms. The molecule has 3 aromatic rings. The molecule has 0 radical (unpaired) electrons. The highest BCUT2D eigenvalue weighted by atomic mass is 19.4. The van der Waals surface area contributed by atoms with Crippen LogP contribution in [0.3, 0.4) is 0 Å². The predicted molar refractivity (Wildman–Crippen MR) is 119 cm³/mol. The number of hydrogen-bond acceptors (Lipinski definition) is 7. The molecule has 2 amide bonds.